The van der Waals surface area contributed by atoms with E-state index in [9.17, 15) is 0 Å². The largest absolute Gasteiger partial charge is 0.309 e. The van der Waals surface area contributed by atoms with Gasteiger partial charge < -0.3 is 4.57 Å². The Morgan fingerprint density at radius 2 is 0.774 bits per heavy atom. The molecule has 9 aromatic carbocycles. The van der Waals surface area contributed by atoms with Gasteiger partial charge in [0.1, 0.15) is 0 Å². The summed E-state index contributed by atoms with van der Waals surface area (Å²) in [6, 6.07) is 78.5. The minimum atomic E-state index is -0.574. The molecule has 0 radical (unpaired) electrons. The van der Waals surface area contributed by atoms with Crippen molar-refractivity contribution in [2.45, 2.75) is 5.41 Å². The Balaban J connectivity index is 1.01. The molecule has 0 bridgehead atoms. The molecule has 3 heterocycles. The average Bonchev–Trinajstić information content (AvgIpc) is 3.85. The first-order valence-corrected chi connectivity index (χ1v) is 21.2. The van der Waals surface area contributed by atoms with E-state index >= 15 is 0 Å². The van der Waals surface area contributed by atoms with Gasteiger partial charge in [0, 0.05) is 27.5 Å². The lowest BCUT2D eigenvalue weighted by Crippen LogP contribution is -2.33. The van der Waals surface area contributed by atoms with Gasteiger partial charge in [-0.1, -0.05) is 206 Å². The molecule has 288 valence electrons. The lowest BCUT2D eigenvalue weighted by atomic mass is 9.65. The molecule has 0 saturated carbocycles. The second-order valence-corrected chi connectivity index (χ2v) is 16.3. The Morgan fingerprint density at radius 3 is 1.50 bits per heavy atom. The Hall–Kier alpha value is -8.21. The van der Waals surface area contributed by atoms with E-state index in [-0.39, 0.29) is 0 Å². The summed E-state index contributed by atoms with van der Waals surface area (Å²) in [6.45, 7) is 0. The smallest absolute Gasteiger partial charge is 0.164 e. The van der Waals surface area contributed by atoms with Crippen LogP contribution in [0.2, 0.25) is 0 Å². The van der Waals surface area contributed by atoms with Crippen molar-refractivity contribution in [1.29, 1.82) is 0 Å². The van der Waals surface area contributed by atoms with Crippen LogP contribution in [0.25, 0.3) is 95.0 Å². The molecule has 1 unspecified atom stereocenters. The monoisotopic (exact) mass is 788 g/mol. The van der Waals surface area contributed by atoms with Crippen molar-refractivity contribution in [3.05, 3.63) is 241 Å². The number of hydrogen-bond donors (Lipinski definition) is 0. The number of nitrogens with zero attached hydrogens (tertiary/aromatic N) is 4. The third-order valence-electron chi connectivity index (χ3n) is 13.1. The molecular weight excluding hydrogens is 753 g/mol. The molecule has 1 aliphatic carbocycles. The molecular formula is C58H36N4. The van der Waals surface area contributed by atoms with Crippen LogP contribution in [0.1, 0.15) is 22.3 Å². The number of rotatable bonds is 5. The molecule has 11 aromatic rings. The van der Waals surface area contributed by atoms with Gasteiger partial charge in [-0.15, -0.1) is 0 Å². The molecule has 1 spiro atoms. The van der Waals surface area contributed by atoms with E-state index in [1.54, 1.807) is 0 Å². The van der Waals surface area contributed by atoms with Crippen LogP contribution in [0, 0.1) is 0 Å². The Bertz CT molecular complexity index is 3550. The maximum absolute atomic E-state index is 5.35. The fraction of sp³-hybridized carbons (Fsp3) is 0.0172. The van der Waals surface area contributed by atoms with Gasteiger partial charge in [-0.3, -0.25) is 0 Å². The molecule has 1 atom stereocenters. The number of fused-ring (bicyclic) bond motifs is 12. The molecule has 0 saturated heterocycles. The molecule has 2 aliphatic rings. The van der Waals surface area contributed by atoms with Gasteiger partial charge in [0.2, 0.25) is 0 Å². The number of benzene rings is 9. The first kappa shape index (κ1) is 34.6. The standard InChI is InChI=1S/C58H36N4/c1-3-15-37(16-4-1)38-29-31-39(32-30-38)40-33-35-42(36-34-40)56-59-55(41-17-5-2-6-18-41)60-57(61-56)46-22-14-25-49-53(46)45-20-7-9-23-47(45)58(49)48-24-10-12-28-52(48)62-51-27-11-8-19-43(51)44-21-13-26-50(58)54(44)62/h1-36H. The predicted octanol–water partition coefficient (Wildman–Crippen LogP) is 14.0. The van der Waals surface area contributed by atoms with Crippen molar-refractivity contribution < 1.29 is 0 Å². The summed E-state index contributed by atoms with van der Waals surface area (Å²) in [5, 5.41) is 2.52. The van der Waals surface area contributed by atoms with Crippen LogP contribution in [0.5, 0.6) is 0 Å². The SMILES string of the molecule is c1ccc(-c2ccc(-c3ccc(-c4nc(-c5ccccc5)nc(-c5cccc6c5-c5ccccc5C65c6ccccc6-n6c7ccccc7c7cccc5c76)n4)cc3)cc2)cc1. The summed E-state index contributed by atoms with van der Waals surface area (Å²) in [6.07, 6.45) is 0. The normalized spacial score (nSPS) is 14.5. The first-order chi connectivity index (χ1) is 30.8. The van der Waals surface area contributed by atoms with Crippen LogP contribution in [-0.2, 0) is 5.41 Å². The van der Waals surface area contributed by atoms with Crippen LogP contribution < -0.4 is 0 Å². The fourth-order valence-electron chi connectivity index (χ4n) is 10.4. The quantitative estimate of drug-likeness (QED) is 0.174. The summed E-state index contributed by atoms with van der Waals surface area (Å²) in [4.78, 5) is 15.8. The number of para-hydroxylation sites is 3. The predicted molar refractivity (Wildman–Crippen MR) is 252 cm³/mol. The van der Waals surface area contributed by atoms with E-state index in [0.29, 0.717) is 17.5 Å². The van der Waals surface area contributed by atoms with Gasteiger partial charge in [0.05, 0.1) is 22.1 Å². The lowest BCUT2D eigenvalue weighted by Gasteiger charge is -2.39. The van der Waals surface area contributed by atoms with Crippen molar-refractivity contribution in [3.63, 3.8) is 0 Å². The number of aromatic nitrogens is 4. The third-order valence-corrected chi connectivity index (χ3v) is 13.1. The summed E-state index contributed by atoms with van der Waals surface area (Å²) in [5.41, 5.74) is 18.1. The van der Waals surface area contributed by atoms with Gasteiger partial charge in [-0.25, -0.2) is 15.0 Å². The van der Waals surface area contributed by atoms with Gasteiger partial charge in [-0.05, 0) is 67.8 Å². The summed E-state index contributed by atoms with van der Waals surface area (Å²) in [5.74, 6) is 1.92. The molecule has 13 rings (SSSR count). The van der Waals surface area contributed by atoms with E-state index < -0.39 is 5.41 Å². The van der Waals surface area contributed by atoms with E-state index in [1.807, 2.05) is 18.2 Å². The Kier molecular flexibility index (Phi) is 7.49. The topological polar surface area (TPSA) is 43.6 Å². The zero-order valence-corrected chi connectivity index (χ0v) is 33.6. The van der Waals surface area contributed by atoms with Crippen LogP contribution in [0.15, 0.2) is 218 Å². The second-order valence-electron chi connectivity index (χ2n) is 16.3. The highest BCUT2D eigenvalue weighted by Crippen LogP contribution is 2.62. The van der Waals surface area contributed by atoms with Crippen molar-refractivity contribution in [2.24, 2.45) is 0 Å². The van der Waals surface area contributed by atoms with E-state index in [1.165, 1.54) is 66.4 Å². The summed E-state index contributed by atoms with van der Waals surface area (Å²) >= 11 is 0. The van der Waals surface area contributed by atoms with Gasteiger partial charge >= 0.3 is 0 Å². The van der Waals surface area contributed by atoms with E-state index in [0.717, 1.165) is 33.4 Å². The minimum Gasteiger partial charge on any atom is -0.309 e. The molecule has 62 heavy (non-hydrogen) atoms. The van der Waals surface area contributed by atoms with Gasteiger partial charge in [0.25, 0.3) is 0 Å². The summed E-state index contributed by atoms with van der Waals surface area (Å²) < 4.78 is 2.49. The lowest BCUT2D eigenvalue weighted by molar-refractivity contribution is 0.748. The van der Waals surface area contributed by atoms with Crippen molar-refractivity contribution in [2.75, 3.05) is 0 Å². The molecule has 0 amide bonds. The maximum atomic E-state index is 5.35. The highest BCUT2D eigenvalue weighted by atomic mass is 15.0. The molecule has 2 aromatic heterocycles. The van der Waals surface area contributed by atoms with E-state index in [4.69, 9.17) is 15.0 Å². The molecule has 0 N–H and O–H groups in total. The number of hydrogen-bond acceptors (Lipinski definition) is 3. The summed E-state index contributed by atoms with van der Waals surface area (Å²) in [7, 11) is 0. The molecule has 4 nitrogen and oxygen atoms in total. The second kappa shape index (κ2) is 13.4. The van der Waals surface area contributed by atoms with Crippen LogP contribution in [0.4, 0.5) is 0 Å². The molecule has 0 fully saturated rings. The molecule has 1 aliphatic heterocycles. The van der Waals surface area contributed by atoms with Crippen LogP contribution in [-0.4, -0.2) is 19.5 Å². The Morgan fingerprint density at radius 1 is 0.306 bits per heavy atom. The zero-order valence-electron chi connectivity index (χ0n) is 33.6. The first-order valence-electron chi connectivity index (χ1n) is 21.2. The maximum Gasteiger partial charge on any atom is 0.164 e. The highest BCUT2D eigenvalue weighted by Gasteiger charge is 2.51. The molecule has 4 heteroatoms. The van der Waals surface area contributed by atoms with E-state index in [2.05, 4.69) is 205 Å². The fourth-order valence-corrected chi connectivity index (χ4v) is 10.4. The van der Waals surface area contributed by atoms with Crippen LogP contribution >= 0.6 is 0 Å². The van der Waals surface area contributed by atoms with Crippen LogP contribution in [0.3, 0.4) is 0 Å². The minimum absolute atomic E-state index is 0.574. The zero-order chi connectivity index (χ0) is 40.8. The highest BCUT2D eigenvalue weighted by molar-refractivity contribution is 6.13. The average molecular weight is 789 g/mol. The van der Waals surface area contributed by atoms with Crippen molar-refractivity contribution in [3.8, 4) is 73.2 Å². The van der Waals surface area contributed by atoms with Gasteiger partial charge in [0.15, 0.2) is 17.5 Å². The Labute approximate surface area is 359 Å². The van der Waals surface area contributed by atoms with Crippen molar-refractivity contribution >= 4 is 21.8 Å². The third kappa shape index (κ3) is 4.92. The van der Waals surface area contributed by atoms with Gasteiger partial charge in [-0.2, -0.15) is 0 Å². The van der Waals surface area contributed by atoms with Crippen molar-refractivity contribution in [1.82, 2.24) is 19.5 Å².